The van der Waals surface area contributed by atoms with Crippen LogP contribution in [-0.4, -0.2) is 30.6 Å². The zero-order valence-electron chi connectivity index (χ0n) is 9.79. The Morgan fingerprint density at radius 3 is 2.29 bits per heavy atom. The molecule has 2 aliphatic rings. The lowest BCUT2D eigenvalue weighted by Gasteiger charge is -2.52. The van der Waals surface area contributed by atoms with Gasteiger partial charge in [-0.2, -0.15) is 0 Å². The summed E-state index contributed by atoms with van der Waals surface area (Å²) in [4.78, 5) is 2.54. The van der Waals surface area contributed by atoms with Crippen LogP contribution in [-0.2, 0) is 0 Å². The van der Waals surface area contributed by atoms with Crippen molar-refractivity contribution in [2.24, 2.45) is 23.5 Å². The van der Waals surface area contributed by atoms with Crippen LogP contribution in [0.1, 0.15) is 33.1 Å². The summed E-state index contributed by atoms with van der Waals surface area (Å²) < 4.78 is 0. The van der Waals surface area contributed by atoms with Crippen molar-refractivity contribution in [3.63, 3.8) is 0 Å². The van der Waals surface area contributed by atoms with Gasteiger partial charge in [0.25, 0.3) is 0 Å². The van der Waals surface area contributed by atoms with Gasteiger partial charge in [-0.1, -0.05) is 13.8 Å². The van der Waals surface area contributed by atoms with Crippen molar-refractivity contribution in [3.8, 4) is 0 Å². The number of rotatable bonds is 4. The Bertz CT molecular complexity index is 208. The summed E-state index contributed by atoms with van der Waals surface area (Å²) in [6, 6.07) is 0. The highest BCUT2D eigenvalue weighted by Gasteiger charge is 2.46. The second-order valence-electron chi connectivity index (χ2n) is 5.80. The molecular weight excluding hydrogens is 172 g/mol. The third-order valence-electron chi connectivity index (χ3n) is 4.43. The maximum absolute atomic E-state index is 5.92. The minimum Gasteiger partial charge on any atom is -0.329 e. The highest BCUT2D eigenvalue weighted by Crippen LogP contribution is 2.44. The molecule has 2 rings (SSSR count). The number of likely N-dealkylation sites (N-methyl/N-ethyl adjacent to an activating group) is 1. The zero-order chi connectivity index (χ0) is 10.3. The van der Waals surface area contributed by atoms with Crippen LogP contribution in [0.5, 0.6) is 0 Å². The lowest BCUT2D eigenvalue weighted by atomic mass is 9.68. The van der Waals surface area contributed by atoms with Crippen LogP contribution in [0.4, 0.5) is 0 Å². The fraction of sp³-hybridized carbons (Fsp3) is 1.00. The van der Waals surface area contributed by atoms with Crippen molar-refractivity contribution in [3.05, 3.63) is 0 Å². The summed E-state index contributed by atoms with van der Waals surface area (Å²) in [6.07, 6.45) is 4.04. The van der Waals surface area contributed by atoms with Gasteiger partial charge in [-0.15, -0.1) is 0 Å². The maximum Gasteiger partial charge on any atom is 0.0333 e. The van der Waals surface area contributed by atoms with Crippen LogP contribution in [0.25, 0.3) is 0 Å². The molecular formula is C12H24N2. The van der Waals surface area contributed by atoms with Crippen molar-refractivity contribution < 1.29 is 0 Å². The van der Waals surface area contributed by atoms with E-state index < -0.39 is 0 Å². The Labute approximate surface area is 87.8 Å². The van der Waals surface area contributed by atoms with Gasteiger partial charge in [0.05, 0.1) is 0 Å². The lowest BCUT2D eigenvalue weighted by Crippen LogP contribution is -2.60. The van der Waals surface area contributed by atoms with E-state index in [0.717, 1.165) is 24.3 Å². The normalized spacial score (nSPS) is 46.5. The van der Waals surface area contributed by atoms with Crippen LogP contribution in [0.3, 0.4) is 0 Å². The highest BCUT2D eigenvalue weighted by molar-refractivity contribution is 5.02. The van der Waals surface area contributed by atoms with Gasteiger partial charge in [-0.25, -0.2) is 0 Å². The predicted molar refractivity (Wildman–Crippen MR) is 60.1 cm³/mol. The zero-order valence-corrected chi connectivity index (χ0v) is 9.79. The monoisotopic (exact) mass is 196 g/mol. The van der Waals surface area contributed by atoms with E-state index in [2.05, 4.69) is 25.8 Å². The van der Waals surface area contributed by atoms with Crippen molar-refractivity contribution >= 4 is 0 Å². The number of nitrogens with two attached hydrogens (primary N) is 1. The molecule has 2 saturated carbocycles. The average Bonchev–Trinajstić information content (AvgIpc) is 2.75. The van der Waals surface area contributed by atoms with E-state index in [1.807, 2.05) is 0 Å². The summed E-state index contributed by atoms with van der Waals surface area (Å²) in [7, 11) is 2.27. The summed E-state index contributed by atoms with van der Waals surface area (Å²) in [5.41, 5.74) is 6.28. The van der Waals surface area contributed by atoms with Gasteiger partial charge in [-0.05, 0) is 44.1 Å². The van der Waals surface area contributed by atoms with Crippen molar-refractivity contribution in [1.82, 2.24) is 4.90 Å². The highest BCUT2D eigenvalue weighted by atomic mass is 15.2. The molecule has 0 bridgehead atoms. The van der Waals surface area contributed by atoms with Crippen molar-refractivity contribution in [2.45, 2.75) is 38.6 Å². The van der Waals surface area contributed by atoms with Gasteiger partial charge < -0.3 is 5.73 Å². The first kappa shape index (κ1) is 10.4. The quantitative estimate of drug-likeness (QED) is 0.741. The summed E-state index contributed by atoms with van der Waals surface area (Å²) in [5.74, 6) is 2.81. The molecule has 82 valence electrons. The Kier molecular flexibility index (Phi) is 2.61. The summed E-state index contributed by atoms with van der Waals surface area (Å²) >= 11 is 0. The molecule has 0 saturated heterocycles. The van der Waals surface area contributed by atoms with Gasteiger partial charge in [0.2, 0.25) is 0 Å². The average molecular weight is 196 g/mol. The smallest absolute Gasteiger partial charge is 0.0333 e. The Hall–Kier alpha value is -0.0800. The SMILES string of the molecule is CC1CC(CN)(N(C)CC2CC2C)C1. The van der Waals surface area contributed by atoms with Gasteiger partial charge in [0.1, 0.15) is 0 Å². The molecule has 2 heteroatoms. The van der Waals surface area contributed by atoms with E-state index in [-0.39, 0.29) is 0 Å². The molecule has 0 spiro atoms. The molecule has 0 heterocycles. The fourth-order valence-corrected chi connectivity index (χ4v) is 3.07. The molecule has 0 aromatic heterocycles. The number of hydrogen-bond donors (Lipinski definition) is 1. The van der Waals surface area contributed by atoms with Crippen LogP contribution in [0.2, 0.25) is 0 Å². The molecule has 2 atom stereocenters. The molecule has 0 aromatic carbocycles. The fourth-order valence-electron chi connectivity index (χ4n) is 3.07. The van der Waals surface area contributed by atoms with E-state index in [4.69, 9.17) is 5.73 Å². The first-order valence-corrected chi connectivity index (χ1v) is 5.99. The summed E-state index contributed by atoms with van der Waals surface area (Å²) in [5, 5.41) is 0. The van der Waals surface area contributed by atoms with Crippen LogP contribution in [0.15, 0.2) is 0 Å². The lowest BCUT2D eigenvalue weighted by molar-refractivity contribution is 0.00226. The second-order valence-corrected chi connectivity index (χ2v) is 5.80. The van der Waals surface area contributed by atoms with E-state index in [0.29, 0.717) is 5.54 Å². The minimum absolute atomic E-state index is 0.363. The second kappa shape index (κ2) is 3.49. The number of hydrogen-bond acceptors (Lipinski definition) is 2. The minimum atomic E-state index is 0.363. The predicted octanol–water partition coefficient (Wildman–Crippen LogP) is 1.70. The van der Waals surface area contributed by atoms with E-state index in [1.54, 1.807) is 0 Å². The Balaban J connectivity index is 1.85. The molecule has 2 aliphatic carbocycles. The first-order valence-electron chi connectivity index (χ1n) is 5.99. The van der Waals surface area contributed by atoms with E-state index in [9.17, 15) is 0 Å². The first-order chi connectivity index (χ1) is 6.57. The Morgan fingerprint density at radius 2 is 1.93 bits per heavy atom. The standard InChI is InChI=1S/C12H24N2/c1-9-5-12(6-9,8-13)14(3)7-11-4-10(11)2/h9-11H,4-8,13H2,1-3H3. The molecule has 2 fully saturated rings. The van der Waals surface area contributed by atoms with Gasteiger partial charge in [0.15, 0.2) is 0 Å². The van der Waals surface area contributed by atoms with Crippen molar-refractivity contribution in [2.75, 3.05) is 20.1 Å². The number of nitrogens with zero attached hydrogens (tertiary/aromatic N) is 1. The van der Waals surface area contributed by atoms with Gasteiger partial charge in [-0.3, -0.25) is 4.90 Å². The summed E-state index contributed by atoms with van der Waals surface area (Å²) in [6.45, 7) is 6.80. The molecule has 0 aromatic rings. The van der Waals surface area contributed by atoms with Crippen molar-refractivity contribution in [1.29, 1.82) is 0 Å². The molecule has 0 radical (unpaired) electrons. The molecule has 0 amide bonds. The van der Waals surface area contributed by atoms with E-state index >= 15 is 0 Å². The van der Waals surface area contributed by atoms with Gasteiger partial charge >= 0.3 is 0 Å². The molecule has 2 unspecified atom stereocenters. The molecule has 0 aliphatic heterocycles. The maximum atomic E-state index is 5.92. The molecule has 2 nitrogen and oxygen atoms in total. The van der Waals surface area contributed by atoms with Gasteiger partial charge in [0, 0.05) is 18.6 Å². The van der Waals surface area contributed by atoms with Crippen LogP contribution in [0, 0.1) is 17.8 Å². The van der Waals surface area contributed by atoms with E-state index in [1.165, 1.54) is 25.8 Å². The third kappa shape index (κ3) is 1.70. The Morgan fingerprint density at radius 1 is 1.36 bits per heavy atom. The molecule has 2 N–H and O–H groups in total. The topological polar surface area (TPSA) is 29.3 Å². The largest absolute Gasteiger partial charge is 0.329 e. The molecule has 14 heavy (non-hydrogen) atoms. The van der Waals surface area contributed by atoms with Crippen LogP contribution >= 0.6 is 0 Å². The van der Waals surface area contributed by atoms with Crippen LogP contribution < -0.4 is 5.73 Å². The third-order valence-corrected chi connectivity index (χ3v) is 4.43.